The fourth-order valence-electron chi connectivity index (χ4n) is 2.39. The summed E-state index contributed by atoms with van der Waals surface area (Å²) in [5.41, 5.74) is 0.367. The van der Waals surface area contributed by atoms with E-state index in [9.17, 15) is 9.18 Å². The third-order valence-corrected chi connectivity index (χ3v) is 3.78. The minimum atomic E-state index is -0.449. The zero-order valence-electron chi connectivity index (χ0n) is 13.0. The maximum Gasteiger partial charge on any atom is 0.264 e. The van der Waals surface area contributed by atoms with Crippen LogP contribution in [-0.2, 0) is 12.1 Å². The monoisotopic (exact) mass is 334 g/mol. The van der Waals surface area contributed by atoms with Crippen molar-refractivity contribution in [2.24, 2.45) is 0 Å². The number of nitrogens with zero attached hydrogens (tertiary/aromatic N) is 4. The fraction of sp³-hybridized carbons (Fsp3) is 0.312. The molecule has 0 saturated carbocycles. The molecule has 0 amide bonds. The van der Waals surface area contributed by atoms with E-state index >= 15 is 0 Å². The van der Waals surface area contributed by atoms with Crippen LogP contribution in [0.15, 0.2) is 35.5 Å². The second-order valence-electron chi connectivity index (χ2n) is 6.38. The predicted octanol–water partition coefficient (Wildman–Crippen LogP) is 3.19. The van der Waals surface area contributed by atoms with E-state index in [4.69, 9.17) is 11.6 Å². The molecule has 2 heterocycles. The Kier molecular flexibility index (Phi) is 3.72. The first-order valence-electron chi connectivity index (χ1n) is 7.15. The first kappa shape index (κ1) is 15.7. The molecule has 3 rings (SSSR count). The van der Waals surface area contributed by atoms with Gasteiger partial charge in [0.2, 0.25) is 0 Å². The van der Waals surface area contributed by atoms with Gasteiger partial charge in [-0.3, -0.25) is 9.36 Å². The molecule has 0 aliphatic heterocycles. The van der Waals surface area contributed by atoms with Gasteiger partial charge in [0, 0.05) is 10.6 Å². The summed E-state index contributed by atoms with van der Waals surface area (Å²) in [6.07, 6.45) is 2.92. The Morgan fingerprint density at radius 3 is 2.70 bits per heavy atom. The Hall–Kier alpha value is -2.21. The molecule has 120 valence electrons. The Morgan fingerprint density at radius 2 is 2.04 bits per heavy atom. The van der Waals surface area contributed by atoms with Crippen LogP contribution in [0, 0.1) is 5.82 Å². The highest BCUT2D eigenvalue weighted by Crippen LogP contribution is 2.18. The molecule has 0 N–H and O–H groups in total. The molecule has 1 aromatic carbocycles. The van der Waals surface area contributed by atoms with Crippen molar-refractivity contribution in [2.75, 3.05) is 0 Å². The molecule has 0 saturated heterocycles. The summed E-state index contributed by atoms with van der Waals surface area (Å²) in [5.74, 6) is -0.449. The van der Waals surface area contributed by atoms with Gasteiger partial charge in [-0.15, -0.1) is 0 Å². The van der Waals surface area contributed by atoms with Crippen molar-refractivity contribution in [3.05, 3.63) is 57.5 Å². The summed E-state index contributed by atoms with van der Waals surface area (Å²) < 4.78 is 17.0. The zero-order chi connectivity index (χ0) is 16.8. The lowest BCUT2D eigenvalue weighted by Crippen LogP contribution is -2.25. The molecule has 0 spiro atoms. The minimum absolute atomic E-state index is 0.0888. The van der Waals surface area contributed by atoms with Gasteiger partial charge in [-0.25, -0.2) is 14.1 Å². The lowest BCUT2D eigenvalue weighted by Gasteiger charge is -2.19. The Morgan fingerprint density at radius 1 is 1.30 bits per heavy atom. The summed E-state index contributed by atoms with van der Waals surface area (Å²) >= 11 is 5.74. The van der Waals surface area contributed by atoms with E-state index < -0.39 is 5.82 Å². The maximum absolute atomic E-state index is 13.9. The molecule has 0 aliphatic rings. The van der Waals surface area contributed by atoms with Crippen LogP contribution in [0.2, 0.25) is 5.02 Å². The van der Waals surface area contributed by atoms with E-state index in [-0.39, 0.29) is 17.6 Å². The first-order valence-corrected chi connectivity index (χ1v) is 7.53. The van der Waals surface area contributed by atoms with Crippen LogP contribution in [0.1, 0.15) is 26.3 Å². The van der Waals surface area contributed by atoms with Crippen LogP contribution in [-0.4, -0.2) is 19.3 Å². The van der Waals surface area contributed by atoms with Crippen molar-refractivity contribution >= 4 is 22.6 Å². The van der Waals surface area contributed by atoms with Crippen molar-refractivity contribution in [3.63, 3.8) is 0 Å². The highest BCUT2D eigenvalue weighted by Gasteiger charge is 2.19. The van der Waals surface area contributed by atoms with Gasteiger partial charge in [0.05, 0.1) is 18.3 Å². The highest BCUT2D eigenvalue weighted by atomic mass is 35.5. The summed E-state index contributed by atoms with van der Waals surface area (Å²) in [6.45, 7) is 6.03. The SMILES string of the molecule is CC(C)(C)n1ncc2c(=O)n(Cc3ccc(Cl)cc3F)cnc21. The summed E-state index contributed by atoms with van der Waals surface area (Å²) in [6, 6.07) is 4.38. The molecule has 0 unspecified atom stereocenters. The number of benzene rings is 1. The van der Waals surface area contributed by atoms with Crippen LogP contribution in [0.3, 0.4) is 0 Å². The van der Waals surface area contributed by atoms with E-state index in [2.05, 4.69) is 10.1 Å². The molecule has 0 aliphatic carbocycles. The smallest absolute Gasteiger partial charge is 0.264 e. The van der Waals surface area contributed by atoms with Crippen LogP contribution < -0.4 is 5.56 Å². The van der Waals surface area contributed by atoms with Crippen molar-refractivity contribution in [1.82, 2.24) is 19.3 Å². The average molecular weight is 335 g/mol. The third-order valence-electron chi connectivity index (χ3n) is 3.55. The van der Waals surface area contributed by atoms with E-state index in [1.54, 1.807) is 16.8 Å². The molecule has 0 atom stereocenters. The molecule has 3 aromatic rings. The molecule has 2 aromatic heterocycles. The van der Waals surface area contributed by atoms with E-state index in [0.717, 1.165) is 0 Å². The van der Waals surface area contributed by atoms with Gasteiger partial charge < -0.3 is 0 Å². The van der Waals surface area contributed by atoms with Gasteiger partial charge in [-0.05, 0) is 32.9 Å². The molecule has 7 heteroatoms. The van der Waals surface area contributed by atoms with Crippen molar-refractivity contribution < 1.29 is 4.39 Å². The Labute approximate surface area is 137 Å². The van der Waals surface area contributed by atoms with Crippen LogP contribution >= 0.6 is 11.6 Å². The van der Waals surface area contributed by atoms with Gasteiger partial charge in [0.1, 0.15) is 17.5 Å². The number of fused-ring (bicyclic) bond motifs is 1. The summed E-state index contributed by atoms with van der Waals surface area (Å²) in [4.78, 5) is 16.9. The van der Waals surface area contributed by atoms with Gasteiger partial charge in [-0.2, -0.15) is 5.10 Å². The van der Waals surface area contributed by atoms with Gasteiger partial charge >= 0.3 is 0 Å². The average Bonchev–Trinajstić information content (AvgIpc) is 2.89. The molecule has 5 nitrogen and oxygen atoms in total. The molecule has 0 radical (unpaired) electrons. The Balaban J connectivity index is 2.07. The zero-order valence-corrected chi connectivity index (χ0v) is 13.8. The van der Waals surface area contributed by atoms with Crippen molar-refractivity contribution in [3.8, 4) is 0 Å². The number of hydrogen-bond acceptors (Lipinski definition) is 3. The standard InChI is InChI=1S/C16H16ClFN4O/c1-16(2,3)22-14-12(7-20-22)15(23)21(9-19-14)8-10-4-5-11(17)6-13(10)18/h4-7,9H,8H2,1-3H3. The van der Waals surface area contributed by atoms with E-state index in [0.29, 0.717) is 21.6 Å². The maximum atomic E-state index is 13.9. The van der Waals surface area contributed by atoms with Crippen LogP contribution in [0.25, 0.3) is 11.0 Å². The van der Waals surface area contributed by atoms with Crippen molar-refractivity contribution in [2.45, 2.75) is 32.9 Å². The molecule has 23 heavy (non-hydrogen) atoms. The van der Waals surface area contributed by atoms with E-state index in [1.165, 1.54) is 23.2 Å². The quantitative estimate of drug-likeness (QED) is 0.723. The van der Waals surface area contributed by atoms with Gasteiger partial charge in [0.15, 0.2) is 5.65 Å². The largest absolute Gasteiger partial charge is 0.294 e. The Bertz CT molecular complexity index is 939. The normalized spacial score (nSPS) is 12.0. The third kappa shape index (κ3) is 2.86. The number of rotatable bonds is 2. The molecule has 0 fully saturated rings. The summed E-state index contributed by atoms with van der Waals surface area (Å²) in [5, 5.41) is 4.99. The number of hydrogen-bond donors (Lipinski definition) is 0. The molecular weight excluding hydrogens is 319 g/mol. The number of aromatic nitrogens is 4. The second kappa shape index (κ2) is 5.45. The van der Waals surface area contributed by atoms with Crippen molar-refractivity contribution in [1.29, 1.82) is 0 Å². The summed E-state index contributed by atoms with van der Waals surface area (Å²) in [7, 11) is 0. The van der Waals surface area contributed by atoms with Crippen LogP contribution in [0.4, 0.5) is 4.39 Å². The fourth-order valence-corrected chi connectivity index (χ4v) is 2.54. The first-order chi connectivity index (χ1) is 10.8. The van der Waals surface area contributed by atoms with Gasteiger partial charge in [-0.1, -0.05) is 17.7 Å². The predicted molar refractivity (Wildman–Crippen MR) is 87.3 cm³/mol. The topological polar surface area (TPSA) is 52.7 Å². The lowest BCUT2D eigenvalue weighted by atomic mass is 10.1. The molecule has 0 bridgehead atoms. The highest BCUT2D eigenvalue weighted by molar-refractivity contribution is 6.30. The minimum Gasteiger partial charge on any atom is -0.294 e. The molecular formula is C16H16ClFN4O. The second-order valence-corrected chi connectivity index (χ2v) is 6.81. The number of halogens is 2. The van der Waals surface area contributed by atoms with E-state index in [1.807, 2.05) is 20.8 Å². The van der Waals surface area contributed by atoms with Crippen LogP contribution in [0.5, 0.6) is 0 Å². The lowest BCUT2D eigenvalue weighted by molar-refractivity contribution is 0.365. The van der Waals surface area contributed by atoms with Gasteiger partial charge in [0.25, 0.3) is 5.56 Å².